The Labute approximate surface area is 197 Å². The molecule has 0 atom stereocenters. The van der Waals surface area contributed by atoms with Crippen LogP contribution < -0.4 is 3.58 Å². The summed E-state index contributed by atoms with van der Waals surface area (Å²) in [6.45, 7) is 9.00. The van der Waals surface area contributed by atoms with Gasteiger partial charge in [0.05, 0.1) is 0 Å². The second-order valence-electron chi connectivity index (χ2n) is 9.08. The maximum atomic E-state index is 14.9. The zero-order valence-electron chi connectivity index (χ0n) is 18.1. The van der Waals surface area contributed by atoms with E-state index in [0.29, 0.717) is 0 Å². The first-order chi connectivity index (χ1) is 13.7. The molecule has 0 unspecified atom stereocenters. The van der Waals surface area contributed by atoms with Gasteiger partial charge in [-0.2, -0.15) is 0 Å². The number of hydrogen-bond acceptors (Lipinski definition) is 0. The van der Waals surface area contributed by atoms with Crippen LogP contribution in [0.3, 0.4) is 0 Å². The minimum absolute atomic E-state index is 0. The van der Waals surface area contributed by atoms with E-state index in [1.54, 1.807) is 6.07 Å². The van der Waals surface area contributed by atoms with Crippen molar-refractivity contribution in [3.63, 3.8) is 0 Å². The van der Waals surface area contributed by atoms with E-state index in [4.69, 9.17) is 0 Å². The molecule has 0 saturated heterocycles. The third kappa shape index (κ3) is 6.16. The Morgan fingerprint density at radius 3 is 1.50 bits per heavy atom. The number of halogens is 3. The quantitative estimate of drug-likeness (QED) is 0.260. The van der Waals surface area contributed by atoms with Crippen LogP contribution in [-0.2, 0) is 10.8 Å². The summed E-state index contributed by atoms with van der Waals surface area (Å²) in [7, 11) is 0. The van der Waals surface area contributed by atoms with Gasteiger partial charge in [-0.1, -0.05) is 0 Å². The molecule has 0 bridgehead atoms. The molecule has 3 aromatic carbocycles. The van der Waals surface area contributed by atoms with E-state index in [0.717, 1.165) is 18.5 Å². The zero-order chi connectivity index (χ0) is 21.1. The standard InChI is InChI=1S/2C10H13.C6H3F2.BrH.Sn/c2*1-10(2,3)9-7-5-4-6-8-9;7-5-2-1-3-6(8)4-5;;/h2*4-8H,1H2,2-3H3;1-2,4H;1H;. The third-order valence-electron chi connectivity index (χ3n) is 5.73. The van der Waals surface area contributed by atoms with Gasteiger partial charge in [-0.25, -0.2) is 0 Å². The van der Waals surface area contributed by atoms with Crippen molar-refractivity contribution in [2.45, 2.75) is 47.4 Å². The van der Waals surface area contributed by atoms with Gasteiger partial charge >= 0.3 is 181 Å². The van der Waals surface area contributed by atoms with Crippen LogP contribution in [0.5, 0.6) is 0 Å². The van der Waals surface area contributed by atoms with Crippen LogP contribution in [0.15, 0.2) is 78.9 Å². The van der Waals surface area contributed by atoms with Gasteiger partial charge in [0.25, 0.3) is 0 Å². The normalized spacial score (nSPS) is 12.0. The van der Waals surface area contributed by atoms with Gasteiger partial charge in [-0.3, -0.25) is 0 Å². The maximum absolute atomic E-state index is 14.9. The van der Waals surface area contributed by atoms with Gasteiger partial charge in [0, 0.05) is 0 Å². The third-order valence-corrected chi connectivity index (χ3v) is 16.5. The van der Waals surface area contributed by atoms with Gasteiger partial charge in [-0.05, 0) is 0 Å². The Bertz CT molecular complexity index is 886. The Morgan fingerprint density at radius 2 is 1.10 bits per heavy atom. The molecule has 30 heavy (non-hydrogen) atoms. The van der Waals surface area contributed by atoms with Crippen LogP contribution in [-0.4, -0.2) is 19.8 Å². The predicted octanol–water partition coefficient (Wildman–Crippen LogP) is 7.20. The molecule has 1 radical (unpaired) electrons. The van der Waals surface area contributed by atoms with E-state index in [2.05, 4.69) is 76.2 Å². The summed E-state index contributed by atoms with van der Waals surface area (Å²) in [4.78, 5) is 0. The van der Waals surface area contributed by atoms with Crippen molar-refractivity contribution in [1.29, 1.82) is 0 Å². The molecule has 4 heteroatoms. The van der Waals surface area contributed by atoms with Crippen molar-refractivity contribution < 1.29 is 8.78 Å². The van der Waals surface area contributed by atoms with E-state index in [1.807, 2.05) is 12.1 Å². The van der Waals surface area contributed by atoms with Gasteiger partial charge in [0.1, 0.15) is 0 Å². The molecule has 0 fully saturated rings. The van der Waals surface area contributed by atoms with Crippen molar-refractivity contribution in [2.75, 3.05) is 0 Å². The fourth-order valence-corrected chi connectivity index (χ4v) is 14.9. The molecule has 0 saturated carbocycles. The van der Waals surface area contributed by atoms with Crippen molar-refractivity contribution in [2.24, 2.45) is 0 Å². The number of benzene rings is 3. The van der Waals surface area contributed by atoms with Gasteiger partial charge in [0.15, 0.2) is 0 Å². The minimum atomic E-state index is -2.51. The first kappa shape index (κ1) is 25.1. The van der Waals surface area contributed by atoms with Gasteiger partial charge in [-0.15, -0.1) is 17.0 Å². The van der Waals surface area contributed by atoms with E-state index >= 15 is 0 Å². The van der Waals surface area contributed by atoms with E-state index in [-0.39, 0.29) is 33.6 Å². The van der Waals surface area contributed by atoms with Crippen molar-refractivity contribution in [3.05, 3.63) is 102 Å². The Kier molecular flexibility index (Phi) is 8.69. The molecule has 0 aliphatic heterocycles. The number of rotatable bonds is 7. The molecule has 0 aromatic heterocycles. The van der Waals surface area contributed by atoms with E-state index in [1.165, 1.54) is 17.2 Å². The second kappa shape index (κ2) is 10.4. The van der Waals surface area contributed by atoms with Crippen LogP contribution in [0.1, 0.15) is 38.8 Å². The molecule has 0 spiro atoms. The second-order valence-corrected chi connectivity index (χ2v) is 16.1. The van der Waals surface area contributed by atoms with Gasteiger partial charge < -0.3 is 0 Å². The molecule has 0 heterocycles. The molecular formula is C26H30BrF2Sn. The molecule has 0 aliphatic rings. The molecule has 0 nitrogen and oxygen atoms in total. The topological polar surface area (TPSA) is 0 Å². The monoisotopic (exact) mass is 579 g/mol. The summed E-state index contributed by atoms with van der Waals surface area (Å²) in [5.74, 6) is -0.870. The van der Waals surface area contributed by atoms with Crippen LogP contribution >= 0.6 is 17.0 Å². The summed E-state index contributed by atoms with van der Waals surface area (Å²) in [5.41, 5.74) is 2.45. The fourth-order valence-electron chi connectivity index (χ4n) is 4.08. The average Bonchev–Trinajstić information content (AvgIpc) is 2.68. The average molecular weight is 579 g/mol. The molecule has 0 amide bonds. The van der Waals surface area contributed by atoms with Crippen molar-refractivity contribution >= 4 is 40.3 Å². The first-order valence-electron chi connectivity index (χ1n) is 10.1. The SMILES string of the molecule is Br.CC(C)([CH2][Sn]([CH2]C(C)(C)c1ccccc1)[c]1ccc(F)cc1F)c1ccccc1. The van der Waals surface area contributed by atoms with Crippen molar-refractivity contribution in [1.82, 2.24) is 0 Å². The molecule has 0 aliphatic carbocycles. The van der Waals surface area contributed by atoms with Crippen LogP contribution in [0.25, 0.3) is 0 Å². The zero-order valence-corrected chi connectivity index (χ0v) is 22.7. The van der Waals surface area contributed by atoms with E-state index in [9.17, 15) is 8.78 Å². The predicted molar refractivity (Wildman–Crippen MR) is 131 cm³/mol. The fraction of sp³-hybridized carbons (Fsp3) is 0.308. The summed E-state index contributed by atoms with van der Waals surface area (Å²) in [6.07, 6.45) is 0. The summed E-state index contributed by atoms with van der Waals surface area (Å²) >= 11 is -2.51. The van der Waals surface area contributed by atoms with Crippen LogP contribution in [0.4, 0.5) is 8.78 Å². The summed E-state index contributed by atoms with van der Waals surface area (Å²) < 4.78 is 31.2. The molecule has 3 aromatic rings. The first-order valence-corrected chi connectivity index (χ1v) is 15.6. The Hall–Kier alpha value is -1.20. The molecule has 0 N–H and O–H groups in total. The van der Waals surface area contributed by atoms with Crippen LogP contribution in [0.2, 0.25) is 8.87 Å². The van der Waals surface area contributed by atoms with Gasteiger partial charge in [0.2, 0.25) is 0 Å². The molecule has 159 valence electrons. The van der Waals surface area contributed by atoms with Crippen molar-refractivity contribution in [3.8, 4) is 0 Å². The number of hydrogen-bond donors (Lipinski definition) is 0. The summed E-state index contributed by atoms with van der Waals surface area (Å²) in [6, 6.07) is 25.1. The van der Waals surface area contributed by atoms with Crippen LogP contribution in [0, 0.1) is 11.6 Å². The molecule has 3 rings (SSSR count). The van der Waals surface area contributed by atoms with E-state index < -0.39 is 25.6 Å². The Morgan fingerprint density at radius 1 is 0.667 bits per heavy atom. The molecular weight excluding hydrogens is 549 g/mol. The Balaban J connectivity index is 0.00000320. The summed E-state index contributed by atoms with van der Waals surface area (Å²) in [5, 5.41) is 0.